The fraction of sp³-hybridized carbons (Fsp3) is 0.360. The number of carbonyl (C=O) groups is 1. The zero-order chi connectivity index (χ0) is 23.6. The number of carbonyl (C=O) groups excluding carboxylic acids is 1. The molecule has 3 aromatic rings. The van der Waals surface area contributed by atoms with E-state index in [1.165, 1.54) is 0 Å². The highest BCUT2D eigenvalue weighted by Gasteiger charge is 2.32. The van der Waals surface area contributed by atoms with Gasteiger partial charge in [0, 0.05) is 23.8 Å². The predicted molar refractivity (Wildman–Crippen MR) is 122 cm³/mol. The van der Waals surface area contributed by atoms with Gasteiger partial charge in [-0.3, -0.25) is 9.48 Å². The van der Waals surface area contributed by atoms with E-state index < -0.39 is 17.6 Å². The third-order valence-corrected chi connectivity index (χ3v) is 6.53. The van der Waals surface area contributed by atoms with Gasteiger partial charge in [-0.2, -0.15) is 18.3 Å². The summed E-state index contributed by atoms with van der Waals surface area (Å²) in [6, 6.07) is 14.8. The lowest BCUT2D eigenvalue weighted by atomic mass is 9.86. The molecular weight excluding hydrogens is 451 g/mol. The third kappa shape index (κ3) is 5.58. The maximum absolute atomic E-state index is 13.0. The van der Waals surface area contributed by atoms with Crippen molar-refractivity contribution in [3.63, 3.8) is 0 Å². The number of aromatic nitrogens is 2. The van der Waals surface area contributed by atoms with Gasteiger partial charge in [-0.05, 0) is 62.8 Å². The summed E-state index contributed by atoms with van der Waals surface area (Å²) >= 11 is 6.00. The van der Waals surface area contributed by atoms with Crippen LogP contribution >= 0.6 is 11.6 Å². The van der Waals surface area contributed by atoms with E-state index in [-0.39, 0.29) is 16.6 Å². The molecule has 0 saturated heterocycles. The first-order valence-corrected chi connectivity index (χ1v) is 11.4. The Kier molecular flexibility index (Phi) is 6.79. The van der Waals surface area contributed by atoms with Gasteiger partial charge in [-0.25, -0.2) is 0 Å². The fourth-order valence-electron chi connectivity index (χ4n) is 4.32. The molecule has 0 unspecified atom stereocenters. The molecule has 33 heavy (non-hydrogen) atoms. The molecule has 1 aliphatic rings. The molecule has 4 nitrogen and oxygen atoms in total. The first-order chi connectivity index (χ1) is 15.7. The summed E-state index contributed by atoms with van der Waals surface area (Å²) in [6.07, 6.45) is -1.19. The van der Waals surface area contributed by atoms with Crippen LogP contribution in [0.1, 0.15) is 47.3 Å². The molecule has 4 rings (SSSR count). The second-order valence-electron chi connectivity index (χ2n) is 8.60. The maximum atomic E-state index is 13.0. The van der Waals surface area contributed by atoms with E-state index in [1.807, 2.05) is 41.9 Å². The molecule has 0 radical (unpaired) electrons. The number of rotatable bonds is 5. The fourth-order valence-corrected chi connectivity index (χ4v) is 4.52. The Morgan fingerprint density at radius 1 is 1.09 bits per heavy atom. The number of nitrogens with zero attached hydrogens (tertiary/aromatic N) is 2. The smallest absolute Gasteiger partial charge is 0.349 e. The van der Waals surface area contributed by atoms with Crippen molar-refractivity contribution in [2.75, 3.05) is 0 Å². The van der Waals surface area contributed by atoms with Crippen molar-refractivity contribution in [2.24, 2.45) is 5.92 Å². The van der Waals surface area contributed by atoms with E-state index in [0.717, 1.165) is 67.4 Å². The van der Waals surface area contributed by atoms with Crippen molar-refractivity contribution in [1.29, 1.82) is 0 Å². The highest BCUT2D eigenvalue weighted by Crippen LogP contribution is 2.32. The Bertz CT molecular complexity index is 1120. The number of benzene rings is 2. The lowest BCUT2D eigenvalue weighted by Crippen LogP contribution is -2.38. The first kappa shape index (κ1) is 23.4. The maximum Gasteiger partial charge on any atom is 0.416 e. The van der Waals surface area contributed by atoms with Crippen LogP contribution in [0, 0.1) is 12.8 Å². The van der Waals surface area contributed by atoms with Crippen molar-refractivity contribution < 1.29 is 18.0 Å². The van der Waals surface area contributed by atoms with Crippen LogP contribution in [0.5, 0.6) is 0 Å². The number of halogens is 4. The summed E-state index contributed by atoms with van der Waals surface area (Å²) in [5.74, 6) is -0.137. The average molecular weight is 476 g/mol. The lowest BCUT2D eigenvalue weighted by Gasteiger charge is -2.29. The van der Waals surface area contributed by atoms with Crippen molar-refractivity contribution >= 4 is 17.5 Å². The van der Waals surface area contributed by atoms with E-state index in [0.29, 0.717) is 5.92 Å². The van der Waals surface area contributed by atoms with E-state index in [4.69, 9.17) is 16.7 Å². The van der Waals surface area contributed by atoms with Crippen LogP contribution in [0.15, 0.2) is 54.6 Å². The molecule has 1 N–H and O–H groups in total. The number of alkyl halides is 3. The van der Waals surface area contributed by atoms with Gasteiger partial charge in [-0.1, -0.05) is 41.9 Å². The van der Waals surface area contributed by atoms with Crippen LogP contribution in [-0.2, 0) is 12.7 Å². The molecule has 0 atom stereocenters. The van der Waals surface area contributed by atoms with Crippen LogP contribution in [0.25, 0.3) is 11.3 Å². The van der Waals surface area contributed by atoms with E-state index in [9.17, 15) is 18.0 Å². The normalized spacial score (nSPS) is 18.8. The van der Waals surface area contributed by atoms with Gasteiger partial charge in [0.25, 0.3) is 5.91 Å². The minimum atomic E-state index is -4.53. The number of aryl methyl sites for hydroxylation is 1. The molecule has 2 aromatic carbocycles. The molecule has 1 fully saturated rings. The lowest BCUT2D eigenvalue weighted by molar-refractivity contribution is -0.137. The van der Waals surface area contributed by atoms with Gasteiger partial charge < -0.3 is 5.32 Å². The number of hydrogen-bond donors (Lipinski definition) is 1. The monoisotopic (exact) mass is 475 g/mol. The van der Waals surface area contributed by atoms with Crippen molar-refractivity contribution in [3.8, 4) is 11.3 Å². The van der Waals surface area contributed by atoms with Gasteiger partial charge in [0.15, 0.2) is 0 Å². The molecule has 0 aliphatic heterocycles. The summed E-state index contributed by atoms with van der Waals surface area (Å²) in [4.78, 5) is 12.6. The highest BCUT2D eigenvalue weighted by atomic mass is 35.5. The summed E-state index contributed by atoms with van der Waals surface area (Å²) in [7, 11) is 0. The molecule has 1 aliphatic carbocycles. The second kappa shape index (κ2) is 9.59. The Morgan fingerprint density at radius 2 is 1.79 bits per heavy atom. The minimum Gasteiger partial charge on any atom is -0.349 e. The Hall–Kier alpha value is -2.80. The minimum absolute atomic E-state index is 0.0116. The zero-order valence-electron chi connectivity index (χ0n) is 18.2. The van der Waals surface area contributed by atoms with E-state index in [2.05, 4.69) is 11.4 Å². The summed E-state index contributed by atoms with van der Waals surface area (Å²) in [5, 5.41) is 7.63. The van der Waals surface area contributed by atoms with Gasteiger partial charge in [-0.15, -0.1) is 0 Å². The summed E-state index contributed by atoms with van der Waals surface area (Å²) in [5.41, 5.74) is 2.11. The van der Waals surface area contributed by atoms with Crippen molar-refractivity contribution in [1.82, 2.24) is 15.1 Å². The molecular formula is C25H25ClF3N3O. The Balaban J connectivity index is 1.34. The molecule has 1 saturated carbocycles. The quantitative estimate of drug-likeness (QED) is 0.456. The van der Waals surface area contributed by atoms with Crippen LogP contribution in [-0.4, -0.2) is 21.7 Å². The SMILES string of the molecule is Cc1cc(-c2ccccc2)nn1CC1CCC(NC(=O)c2cc(C(F)(F)F)ccc2Cl)CC1. The molecule has 1 amide bonds. The van der Waals surface area contributed by atoms with Crippen LogP contribution in [0.3, 0.4) is 0 Å². The second-order valence-corrected chi connectivity index (χ2v) is 9.01. The van der Waals surface area contributed by atoms with Crippen LogP contribution in [0.2, 0.25) is 5.02 Å². The number of hydrogen-bond acceptors (Lipinski definition) is 2. The Labute approximate surface area is 195 Å². The predicted octanol–water partition coefficient (Wildman–Crippen LogP) is 6.52. The molecule has 0 spiro atoms. The summed E-state index contributed by atoms with van der Waals surface area (Å²) < 4.78 is 41.0. The average Bonchev–Trinajstić information content (AvgIpc) is 3.15. The van der Waals surface area contributed by atoms with Gasteiger partial charge in [0.1, 0.15) is 0 Å². The molecule has 174 valence electrons. The van der Waals surface area contributed by atoms with Gasteiger partial charge in [0.2, 0.25) is 0 Å². The first-order valence-electron chi connectivity index (χ1n) is 11.0. The standard InChI is InChI=1S/C25H25ClF3N3O/c1-16-13-23(18-5-3-2-4-6-18)31-32(16)15-17-7-10-20(11-8-17)30-24(33)21-14-19(25(27,28)29)9-12-22(21)26/h2-6,9,12-14,17,20H,7-8,10-11,15H2,1H3,(H,30,33). The molecule has 1 heterocycles. The number of amides is 1. The van der Waals surface area contributed by atoms with E-state index >= 15 is 0 Å². The number of nitrogens with one attached hydrogen (secondary N) is 1. The van der Waals surface area contributed by atoms with Crippen LogP contribution in [0.4, 0.5) is 13.2 Å². The van der Waals surface area contributed by atoms with Crippen molar-refractivity contribution in [2.45, 2.75) is 51.4 Å². The highest BCUT2D eigenvalue weighted by molar-refractivity contribution is 6.33. The van der Waals surface area contributed by atoms with E-state index in [1.54, 1.807) is 0 Å². The summed E-state index contributed by atoms with van der Waals surface area (Å²) in [6.45, 7) is 2.85. The zero-order valence-corrected chi connectivity index (χ0v) is 19.0. The third-order valence-electron chi connectivity index (χ3n) is 6.20. The molecule has 0 bridgehead atoms. The molecule has 8 heteroatoms. The molecule has 1 aromatic heterocycles. The van der Waals surface area contributed by atoms with Gasteiger partial charge in [0.05, 0.1) is 21.8 Å². The van der Waals surface area contributed by atoms with Gasteiger partial charge >= 0.3 is 6.18 Å². The van der Waals surface area contributed by atoms with Crippen LogP contribution < -0.4 is 5.32 Å². The largest absolute Gasteiger partial charge is 0.416 e. The topological polar surface area (TPSA) is 46.9 Å². The Morgan fingerprint density at radius 3 is 2.45 bits per heavy atom. The van der Waals surface area contributed by atoms with Crippen molar-refractivity contribution in [3.05, 3.63) is 76.4 Å².